The number of hydrogen-bond donors (Lipinski definition) is 1. The third-order valence-electron chi connectivity index (χ3n) is 7.39. The third kappa shape index (κ3) is 4.52. The van der Waals surface area contributed by atoms with Gasteiger partial charge in [0.15, 0.2) is 0 Å². The predicted octanol–water partition coefficient (Wildman–Crippen LogP) is 1.43. The first-order chi connectivity index (χ1) is 15.3. The van der Waals surface area contributed by atoms with Crippen LogP contribution >= 0.6 is 0 Å². The Bertz CT molecular complexity index is 886. The zero-order valence-corrected chi connectivity index (χ0v) is 19.4. The van der Waals surface area contributed by atoms with Crippen LogP contribution in [0.15, 0.2) is 18.2 Å². The van der Waals surface area contributed by atoms with Crippen molar-refractivity contribution in [2.24, 2.45) is 0 Å². The van der Waals surface area contributed by atoms with Crippen molar-refractivity contribution in [2.75, 3.05) is 51.8 Å². The Kier molecular flexibility index (Phi) is 6.53. The van der Waals surface area contributed by atoms with E-state index in [1.807, 2.05) is 21.9 Å². The van der Waals surface area contributed by atoms with Crippen molar-refractivity contribution >= 4 is 23.4 Å². The molecule has 1 N–H and O–H groups in total. The highest BCUT2D eigenvalue weighted by Gasteiger charge is 2.36. The Morgan fingerprint density at radius 1 is 1.16 bits per heavy atom. The number of carbonyl (C=O) groups excluding carboxylic acids is 3. The largest absolute Gasteiger partial charge is 0.378 e. The second-order valence-electron chi connectivity index (χ2n) is 9.41. The monoisotopic (exact) mass is 442 g/mol. The summed E-state index contributed by atoms with van der Waals surface area (Å²) < 4.78 is 5.57. The quantitative estimate of drug-likeness (QED) is 0.746. The van der Waals surface area contributed by atoms with E-state index in [9.17, 15) is 14.4 Å². The summed E-state index contributed by atoms with van der Waals surface area (Å²) in [6.45, 7) is 5.64. The number of hydrogen-bond acceptors (Lipinski definition) is 5. The van der Waals surface area contributed by atoms with Crippen LogP contribution in [0.5, 0.6) is 0 Å². The second-order valence-corrected chi connectivity index (χ2v) is 9.41. The molecule has 174 valence electrons. The van der Waals surface area contributed by atoms with Crippen molar-refractivity contribution in [2.45, 2.75) is 50.7 Å². The van der Waals surface area contributed by atoms with Gasteiger partial charge in [-0.2, -0.15) is 0 Å². The topological polar surface area (TPSA) is 82.2 Å². The number of nitrogens with one attached hydrogen (secondary N) is 1. The first-order valence-electron chi connectivity index (χ1n) is 11.6. The van der Waals surface area contributed by atoms with Gasteiger partial charge in [-0.3, -0.25) is 19.3 Å². The van der Waals surface area contributed by atoms with Gasteiger partial charge in [-0.1, -0.05) is 0 Å². The zero-order valence-electron chi connectivity index (χ0n) is 19.4. The number of rotatable bonds is 5. The third-order valence-corrected chi connectivity index (χ3v) is 7.39. The molecule has 0 atom stereocenters. The van der Waals surface area contributed by atoms with Gasteiger partial charge in [-0.25, -0.2) is 0 Å². The van der Waals surface area contributed by atoms with E-state index in [-0.39, 0.29) is 29.4 Å². The number of fused-ring (bicyclic) bond motifs is 1. The summed E-state index contributed by atoms with van der Waals surface area (Å²) in [4.78, 5) is 43.5. The molecule has 2 saturated heterocycles. The number of carbonyl (C=O) groups is 3. The molecule has 0 unspecified atom stereocenters. The van der Waals surface area contributed by atoms with E-state index in [0.717, 1.165) is 63.1 Å². The van der Waals surface area contributed by atoms with Crippen molar-refractivity contribution in [1.82, 2.24) is 15.1 Å². The number of ether oxygens (including phenoxy) is 1. The van der Waals surface area contributed by atoms with Crippen molar-refractivity contribution in [3.63, 3.8) is 0 Å². The number of nitrogens with zero attached hydrogens (tertiary/aromatic N) is 3. The zero-order chi connectivity index (χ0) is 22.9. The highest BCUT2D eigenvalue weighted by atomic mass is 16.5. The molecule has 0 aliphatic carbocycles. The van der Waals surface area contributed by atoms with E-state index in [2.05, 4.69) is 17.1 Å². The number of amides is 3. The van der Waals surface area contributed by atoms with E-state index < -0.39 is 0 Å². The van der Waals surface area contributed by atoms with E-state index in [1.165, 1.54) is 0 Å². The van der Waals surface area contributed by atoms with Crippen LogP contribution in [-0.4, -0.2) is 86.0 Å². The Morgan fingerprint density at radius 2 is 1.84 bits per heavy atom. The molecule has 3 aliphatic heterocycles. The molecule has 3 amide bonds. The minimum atomic E-state index is -0.141. The second kappa shape index (κ2) is 9.19. The van der Waals surface area contributed by atoms with Gasteiger partial charge in [0.05, 0.1) is 18.6 Å². The first-order valence-corrected chi connectivity index (χ1v) is 11.6. The van der Waals surface area contributed by atoms with Gasteiger partial charge in [0.1, 0.15) is 0 Å². The van der Waals surface area contributed by atoms with E-state index in [0.29, 0.717) is 18.5 Å². The minimum absolute atomic E-state index is 0.0955. The van der Waals surface area contributed by atoms with Crippen LogP contribution in [0.25, 0.3) is 0 Å². The molecule has 0 spiro atoms. The normalized spacial score (nSPS) is 21.5. The fourth-order valence-electron chi connectivity index (χ4n) is 5.09. The molecule has 32 heavy (non-hydrogen) atoms. The van der Waals surface area contributed by atoms with E-state index in [4.69, 9.17) is 4.74 Å². The summed E-state index contributed by atoms with van der Waals surface area (Å²) in [7, 11) is 3.35. The maximum atomic E-state index is 12.8. The minimum Gasteiger partial charge on any atom is -0.378 e. The van der Waals surface area contributed by atoms with Crippen molar-refractivity contribution < 1.29 is 19.1 Å². The number of anilines is 1. The molecule has 4 rings (SSSR count). The Balaban J connectivity index is 1.31. The fraction of sp³-hybridized carbons (Fsp3) is 0.625. The van der Waals surface area contributed by atoms with Crippen LogP contribution in [0.2, 0.25) is 0 Å². The van der Waals surface area contributed by atoms with Gasteiger partial charge >= 0.3 is 0 Å². The molecule has 3 heterocycles. The predicted molar refractivity (Wildman–Crippen MR) is 122 cm³/mol. The van der Waals surface area contributed by atoms with Gasteiger partial charge in [0, 0.05) is 57.6 Å². The van der Waals surface area contributed by atoms with Crippen LogP contribution in [0, 0.1) is 0 Å². The molecule has 1 aromatic rings. The molecular formula is C24H34N4O4. The number of methoxy groups -OCH3 is 1. The standard InChI is InChI=1S/C24H34N4O4/c1-24(32-3)8-12-27(13-9-24)22(30)16-26-10-6-19(7-11-26)28-20-5-4-17(23(31)25-2)14-18(20)15-21(28)29/h4-5,14,19H,6-13,15-16H2,1-3H3,(H,25,31). The summed E-state index contributed by atoms with van der Waals surface area (Å²) in [6.07, 6.45) is 3.77. The van der Waals surface area contributed by atoms with Crippen molar-refractivity contribution in [3.8, 4) is 0 Å². The molecule has 2 fully saturated rings. The average molecular weight is 443 g/mol. The molecule has 1 aromatic carbocycles. The molecule has 3 aliphatic rings. The van der Waals surface area contributed by atoms with Crippen LogP contribution < -0.4 is 10.2 Å². The SMILES string of the molecule is CNC(=O)c1ccc2c(c1)CC(=O)N2C1CCN(CC(=O)N2CCC(C)(OC)CC2)CC1. The van der Waals surface area contributed by atoms with E-state index in [1.54, 1.807) is 20.2 Å². The van der Waals surface area contributed by atoms with Gasteiger partial charge in [-0.15, -0.1) is 0 Å². The summed E-state index contributed by atoms with van der Waals surface area (Å²) in [5, 5.41) is 2.63. The van der Waals surface area contributed by atoms with Crippen LogP contribution in [-0.2, 0) is 20.7 Å². The highest BCUT2D eigenvalue weighted by molar-refractivity contribution is 6.03. The number of piperidine rings is 2. The number of likely N-dealkylation sites (tertiary alicyclic amines) is 2. The molecule has 8 nitrogen and oxygen atoms in total. The smallest absolute Gasteiger partial charge is 0.251 e. The summed E-state index contributed by atoms with van der Waals surface area (Å²) in [5.41, 5.74) is 2.31. The van der Waals surface area contributed by atoms with E-state index >= 15 is 0 Å². The Hall–Kier alpha value is -2.45. The van der Waals surface area contributed by atoms with Crippen LogP contribution in [0.1, 0.15) is 48.5 Å². The van der Waals surface area contributed by atoms with Crippen molar-refractivity contribution in [1.29, 1.82) is 0 Å². The van der Waals surface area contributed by atoms with Crippen LogP contribution in [0.3, 0.4) is 0 Å². The first kappa shape index (κ1) is 22.7. The van der Waals surface area contributed by atoms with Gasteiger partial charge in [0.25, 0.3) is 5.91 Å². The molecule has 0 bridgehead atoms. The summed E-state index contributed by atoms with van der Waals surface area (Å²) in [6, 6.07) is 5.64. The van der Waals surface area contributed by atoms with Gasteiger partial charge in [0.2, 0.25) is 11.8 Å². The fourth-order valence-corrected chi connectivity index (χ4v) is 5.09. The van der Waals surface area contributed by atoms with Crippen LogP contribution in [0.4, 0.5) is 5.69 Å². The lowest BCUT2D eigenvalue weighted by atomic mass is 9.93. The lowest BCUT2D eigenvalue weighted by Gasteiger charge is -2.40. The lowest BCUT2D eigenvalue weighted by molar-refractivity contribution is -0.137. The maximum Gasteiger partial charge on any atom is 0.251 e. The molecule has 0 radical (unpaired) electrons. The molecule has 0 aromatic heterocycles. The highest BCUT2D eigenvalue weighted by Crippen LogP contribution is 2.34. The Labute approximate surface area is 189 Å². The lowest BCUT2D eigenvalue weighted by Crippen LogP contribution is -2.51. The molecule has 8 heteroatoms. The molecular weight excluding hydrogens is 408 g/mol. The average Bonchev–Trinajstić information content (AvgIpc) is 3.14. The number of benzene rings is 1. The summed E-state index contributed by atoms with van der Waals surface area (Å²) >= 11 is 0. The summed E-state index contributed by atoms with van der Waals surface area (Å²) in [5.74, 6) is 0.140. The molecule has 0 saturated carbocycles. The Morgan fingerprint density at radius 3 is 2.47 bits per heavy atom. The van der Waals surface area contributed by atoms with Crippen molar-refractivity contribution in [3.05, 3.63) is 29.3 Å². The van der Waals surface area contributed by atoms with Gasteiger partial charge in [-0.05, 0) is 56.4 Å². The maximum absolute atomic E-state index is 12.8. The van der Waals surface area contributed by atoms with Gasteiger partial charge < -0.3 is 19.9 Å².